The number of rotatable bonds is 36. The van der Waals surface area contributed by atoms with Crippen molar-refractivity contribution in [2.24, 2.45) is 5.73 Å². The van der Waals surface area contributed by atoms with Crippen LogP contribution < -0.4 is 21.7 Å². The van der Waals surface area contributed by atoms with Gasteiger partial charge in [0.05, 0.1) is 99.1 Å². The number of carbonyl (C=O) groups is 3. The number of alkyl carbamates (subject to hydrolysis) is 1. The number of unbranched alkanes of at least 4 members (excludes halogenated alkanes) is 1. The fourth-order valence-corrected chi connectivity index (χ4v) is 6.00. The predicted molar refractivity (Wildman–Crippen MR) is 218 cm³/mol. The summed E-state index contributed by atoms with van der Waals surface area (Å²) in [4.78, 5) is 37.6. The van der Waals surface area contributed by atoms with E-state index in [2.05, 4.69) is 40.2 Å². The number of hydrogen-bond acceptors (Lipinski definition) is 13. The number of ether oxygens (including phenoxy) is 9. The Kier molecular flexibility index (Phi) is 27.0. The van der Waals surface area contributed by atoms with Crippen molar-refractivity contribution in [2.45, 2.75) is 44.6 Å². The SMILES string of the molecule is CCOCCOCCOCCOCCNC(=O)C(CCCCN)NC(=O)CCOCCOCCOCCOCCNC(=O)OCC1c2ccccc2-c2ccccc21. The van der Waals surface area contributed by atoms with Gasteiger partial charge in [-0.1, -0.05) is 48.5 Å². The molecule has 1 atom stereocenters. The number of nitrogens with two attached hydrogens (primary N) is 1. The summed E-state index contributed by atoms with van der Waals surface area (Å²) >= 11 is 0. The van der Waals surface area contributed by atoms with Gasteiger partial charge in [-0.15, -0.1) is 0 Å². The van der Waals surface area contributed by atoms with Crippen molar-refractivity contribution in [1.82, 2.24) is 16.0 Å². The van der Waals surface area contributed by atoms with E-state index in [1.807, 2.05) is 31.2 Å². The highest BCUT2D eigenvalue weighted by atomic mass is 16.6. The van der Waals surface area contributed by atoms with Crippen LogP contribution in [0.5, 0.6) is 0 Å². The zero-order valence-corrected chi connectivity index (χ0v) is 34.2. The molecule has 0 bridgehead atoms. The van der Waals surface area contributed by atoms with Gasteiger partial charge in [0.1, 0.15) is 12.6 Å². The van der Waals surface area contributed by atoms with Crippen LogP contribution in [-0.2, 0) is 52.2 Å². The lowest BCUT2D eigenvalue weighted by atomic mass is 9.98. The molecule has 326 valence electrons. The Balaban J connectivity index is 1.09. The fraction of sp³-hybridized carbons (Fsp3) is 0.643. The topological polar surface area (TPSA) is 196 Å². The second kappa shape index (κ2) is 32.2. The maximum atomic E-state index is 12.8. The molecule has 1 aliphatic rings. The van der Waals surface area contributed by atoms with Gasteiger partial charge in [0, 0.05) is 32.0 Å². The normalized spacial score (nSPS) is 12.5. The van der Waals surface area contributed by atoms with E-state index in [-0.39, 0.29) is 37.4 Å². The van der Waals surface area contributed by atoms with Gasteiger partial charge >= 0.3 is 6.09 Å². The molecule has 0 aromatic heterocycles. The zero-order chi connectivity index (χ0) is 41.3. The van der Waals surface area contributed by atoms with Crippen LogP contribution in [0.4, 0.5) is 4.79 Å². The predicted octanol–water partition coefficient (Wildman–Crippen LogP) is 2.80. The molecule has 58 heavy (non-hydrogen) atoms. The summed E-state index contributed by atoms with van der Waals surface area (Å²) in [6.07, 6.45) is 1.60. The molecule has 0 saturated heterocycles. The van der Waals surface area contributed by atoms with Gasteiger partial charge in [-0.05, 0) is 55.0 Å². The Hall–Kier alpha value is -3.71. The summed E-state index contributed by atoms with van der Waals surface area (Å²) in [5.41, 5.74) is 10.3. The van der Waals surface area contributed by atoms with Gasteiger partial charge in [-0.2, -0.15) is 0 Å². The molecule has 3 rings (SSSR count). The van der Waals surface area contributed by atoms with E-state index in [9.17, 15) is 14.4 Å². The van der Waals surface area contributed by atoms with Crippen molar-refractivity contribution < 1.29 is 57.0 Å². The second-order valence-electron chi connectivity index (χ2n) is 13.2. The molecule has 0 heterocycles. The van der Waals surface area contributed by atoms with Crippen LogP contribution in [0.1, 0.15) is 49.7 Å². The number of amides is 3. The number of carbonyl (C=O) groups excluding carboxylic acids is 3. The van der Waals surface area contributed by atoms with Crippen LogP contribution in [0.25, 0.3) is 11.1 Å². The number of fused-ring (bicyclic) bond motifs is 3. The molecule has 1 aliphatic carbocycles. The third kappa shape index (κ3) is 20.8. The summed E-state index contributed by atoms with van der Waals surface area (Å²) in [6, 6.07) is 15.8. The van der Waals surface area contributed by atoms with Gasteiger partial charge in [0.2, 0.25) is 11.8 Å². The van der Waals surface area contributed by atoms with E-state index in [1.165, 1.54) is 22.3 Å². The highest BCUT2D eigenvalue weighted by Gasteiger charge is 2.29. The minimum Gasteiger partial charge on any atom is -0.449 e. The first-order valence-corrected chi connectivity index (χ1v) is 20.5. The molecule has 16 nitrogen and oxygen atoms in total. The molecule has 2 aromatic carbocycles. The lowest BCUT2D eigenvalue weighted by Crippen LogP contribution is -2.47. The summed E-state index contributed by atoms with van der Waals surface area (Å²) in [7, 11) is 0. The van der Waals surface area contributed by atoms with E-state index < -0.39 is 12.1 Å². The van der Waals surface area contributed by atoms with E-state index in [1.54, 1.807) is 0 Å². The standard InChI is InChI=1S/C42H66N4O12/c1-2-50-21-22-54-29-30-56-27-24-52-19-16-44-41(48)39(13-7-8-15-43)46-40(47)14-18-51-23-26-55-31-32-57-28-25-53-20-17-45-42(49)58-33-38-36-11-5-3-9-34(36)35-10-4-6-12-37(35)38/h3-6,9-12,38-39H,2,7-8,13-33,43H2,1H3,(H,44,48)(H,45,49)(H,46,47). The highest BCUT2D eigenvalue weighted by Crippen LogP contribution is 2.44. The minimum absolute atomic E-state index is 0.0165. The van der Waals surface area contributed by atoms with Gasteiger partial charge in [-0.3, -0.25) is 9.59 Å². The first kappa shape index (κ1) is 48.7. The Morgan fingerprint density at radius 1 is 0.603 bits per heavy atom. The Morgan fingerprint density at radius 3 is 1.59 bits per heavy atom. The first-order valence-electron chi connectivity index (χ1n) is 20.5. The van der Waals surface area contributed by atoms with E-state index in [4.69, 9.17) is 48.4 Å². The van der Waals surface area contributed by atoms with E-state index in [0.29, 0.717) is 132 Å². The average molecular weight is 819 g/mol. The van der Waals surface area contributed by atoms with Crippen LogP contribution in [0.2, 0.25) is 0 Å². The molecule has 16 heteroatoms. The smallest absolute Gasteiger partial charge is 0.407 e. The van der Waals surface area contributed by atoms with Gasteiger partial charge in [0.15, 0.2) is 0 Å². The van der Waals surface area contributed by atoms with E-state index >= 15 is 0 Å². The van der Waals surface area contributed by atoms with Crippen LogP contribution in [0.3, 0.4) is 0 Å². The maximum absolute atomic E-state index is 12.8. The van der Waals surface area contributed by atoms with Crippen molar-refractivity contribution in [3.05, 3.63) is 59.7 Å². The highest BCUT2D eigenvalue weighted by molar-refractivity contribution is 5.87. The molecule has 3 amide bonds. The van der Waals surface area contributed by atoms with Gasteiger partial charge in [-0.25, -0.2) is 4.79 Å². The van der Waals surface area contributed by atoms with Crippen LogP contribution >= 0.6 is 0 Å². The van der Waals surface area contributed by atoms with Crippen molar-refractivity contribution in [3.63, 3.8) is 0 Å². The monoisotopic (exact) mass is 818 g/mol. The molecule has 0 saturated carbocycles. The molecular formula is C42H66N4O12. The Bertz CT molecular complexity index is 1360. The second-order valence-corrected chi connectivity index (χ2v) is 13.2. The largest absolute Gasteiger partial charge is 0.449 e. The minimum atomic E-state index is -0.662. The summed E-state index contributed by atoms with van der Waals surface area (Å²) < 4.78 is 49.2. The van der Waals surface area contributed by atoms with Crippen LogP contribution in [0, 0.1) is 0 Å². The lowest BCUT2D eigenvalue weighted by molar-refractivity contribution is -0.130. The molecule has 1 unspecified atom stereocenters. The lowest BCUT2D eigenvalue weighted by Gasteiger charge is -2.18. The first-order chi connectivity index (χ1) is 28.5. The fourth-order valence-electron chi connectivity index (χ4n) is 6.00. The maximum Gasteiger partial charge on any atom is 0.407 e. The summed E-state index contributed by atoms with van der Waals surface area (Å²) in [5, 5.41) is 8.37. The Morgan fingerprint density at radius 2 is 1.07 bits per heavy atom. The number of benzene rings is 2. The molecular weight excluding hydrogens is 752 g/mol. The Labute approximate surface area is 343 Å². The van der Waals surface area contributed by atoms with Crippen LogP contribution in [-0.4, -0.2) is 156 Å². The van der Waals surface area contributed by atoms with Crippen molar-refractivity contribution in [1.29, 1.82) is 0 Å². The number of hydrogen-bond donors (Lipinski definition) is 4. The van der Waals surface area contributed by atoms with Crippen molar-refractivity contribution in [3.8, 4) is 11.1 Å². The van der Waals surface area contributed by atoms with Crippen LogP contribution in [0.15, 0.2) is 48.5 Å². The van der Waals surface area contributed by atoms with Crippen molar-refractivity contribution >= 4 is 17.9 Å². The van der Waals surface area contributed by atoms with E-state index in [0.717, 1.165) is 6.42 Å². The third-order valence-corrected chi connectivity index (χ3v) is 8.91. The third-order valence-electron chi connectivity index (χ3n) is 8.91. The molecule has 0 spiro atoms. The summed E-state index contributed by atoms with van der Waals surface area (Å²) in [5.74, 6) is -0.517. The average Bonchev–Trinajstić information content (AvgIpc) is 3.56. The van der Waals surface area contributed by atoms with Crippen molar-refractivity contribution in [2.75, 3.05) is 132 Å². The molecule has 0 fully saturated rings. The quantitative estimate of drug-likeness (QED) is 0.0734. The molecule has 2 aromatic rings. The van der Waals surface area contributed by atoms with Gasteiger partial charge < -0.3 is 64.3 Å². The molecule has 0 aliphatic heterocycles. The summed E-state index contributed by atoms with van der Waals surface area (Å²) in [6.45, 7) is 10.0. The van der Waals surface area contributed by atoms with Gasteiger partial charge in [0.25, 0.3) is 0 Å². The molecule has 0 radical (unpaired) electrons. The number of nitrogens with one attached hydrogen (secondary N) is 3. The zero-order valence-electron chi connectivity index (χ0n) is 34.2. The molecule has 5 N–H and O–H groups in total.